The summed E-state index contributed by atoms with van der Waals surface area (Å²) in [5.41, 5.74) is 2.88. The fraction of sp³-hybridized carbons (Fsp3) is 0.235. The lowest BCUT2D eigenvalue weighted by molar-refractivity contribution is -0.117. The summed E-state index contributed by atoms with van der Waals surface area (Å²) >= 11 is 0. The molecule has 3 rings (SSSR count). The van der Waals surface area contributed by atoms with Crippen LogP contribution >= 0.6 is 0 Å². The number of nitrogens with one attached hydrogen (secondary N) is 2. The molecule has 0 spiro atoms. The molecule has 1 heterocycles. The third-order valence-electron chi connectivity index (χ3n) is 3.66. The van der Waals surface area contributed by atoms with E-state index in [2.05, 4.69) is 10.6 Å². The molecule has 2 N–H and O–H groups in total. The summed E-state index contributed by atoms with van der Waals surface area (Å²) < 4.78 is 5.57. The molecule has 0 saturated heterocycles. The van der Waals surface area contributed by atoms with Crippen molar-refractivity contribution in [2.24, 2.45) is 0 Å². The molecule has 0 radical (unpaired) electrons. The summed E-state index contributed by atoms with van der Waals surface area (Å²) in [6, 6.07) is 15.5. The van der Waals surface area contributed by atoms with E-state index >= 15 is 0 Å². The summed E-state index contributed by atoms with van der Waals surface area (Å²) in [7, 11) is 1.89. The Kier molecular flexibility index (Phi) is 3.88. The second-order valence-corrected chi connectivity index (χ2v) is 5.08. The lowest BCUT2D eigenvalue weighted by atomic mass is 10.0. The predicted molar refractivity (Wildman–Crippen MR) is 82.5 cm³/mol. The molecular formula is C17H18N2O2. The highest BCUT2D eigenvalue weighted by Gasteiger charge is 2.30. The molecule has 4 heteroatoms. The van der Waals surface area contributed by atoms with Gasteiger partial charge in [-0.25, -0.2) is 0 Å². The van der Waals surface area contributed by atoms with E-state index in [0.717, 1.165) is 22.6 Å². The SMILES string of the molecule is CNCc1ccccc1NC(=O)C1COc2ccccc21. The number of benzene rings is 2. The van der Waals surface area contributed by atoms with Crippen LogP contribution in [0.4, 0.5) is 5.69 Å². The molecule has 1 amide bonds. The fourth-order valence-corrected chi connectivity index (χ4v) is 2.59. The van der Waals surface area contributed by atoms with Crippen molar-refractivity contribution in [1.29, 1.82) is 0 Å². The van der Waals surface area contributed by atoms with E-state index in [0.29, 0.717) is 13.2 Å². The number of hydrogen-bond donors (Lipinski definition) is 2. The number of amides is 1. The number of carbonyl (C=O) groups is 1. The van der Waals surface area contributed by atoms with Gasteiger partial charge in [-0.2, -0.15) is 0 Å². The van der Waals surface area contributed by atoms with Gasteiger partial charge in [-0.05, 0) is 24.7 Å². The van der Waals surface area contributed by atoms with E-state index in [9.17, 15) is 4.79 Å². The Labute approximate surface area is 124 Å². The van der Waals surface area contributed by atoms with Crippen LogP contribution in [-0.2, 0) is 11.3 Å². The van der Waals surface area contributed by atoms with Crippen LogP contribution in [0, 0.1) is 0 Å². The van der Waals surface area contributed by atoms with Crippen molar-refractivity contribution in [3.63, 3.8) is 0 Å². The Morgan fingerprint density at radius 3 is 2.81 bits per heavy atom. The van der Waals surface area contributed by atoms with Gasteiger partial charge < -0.3 is 15.4 Å². The van der Waals surface area contributed by atoms with Crippen molar-refractivity contribution in [3.8, 4) is 5.75 Å². The Morgan fingerprint density at radius 2 is 1.95 bits per heavy atom. The van der Waals surface area contributed by atoms with Crippen LogP contribution in [0.25, 0.3) is 0 Å². The molecular weight excluding hydrogens is 264 g/mol. The molecule has 1 unspecified atom stereocenters. The van der Waals surface area contributed by atoms with Gasteiger partial charge in [-0.3, -0.25) is 4.79 Å². The summed E-state index contributed by atoms with van der Waals surface area (Å²) in [5, 5.41) is 6.13. The predicted octanol–water partition coefficient (Wildman–Crippen LogP) is 2.52. The number of para-hydroxylation sites is 2. The topological polar surface area (TPSA) is 50.4 Å². The first-order valence-corrected chi connectivity index (χ1v) is 7.04. The first-order valence-electron chi connectivity index (χ1n) is 7.04. The quantitative estimate of drug-likeness (QED) is 0.906. The minimum absolute atomic E-state index is 0.0245. The second kappa shape index (κ2) is 5.97. The van der Waals surface area contributed by atoms with Crippen LogP contribution < -0.4 is 15.4 Å². The molecule has 0 fully saturated rings. The van der Waals surface area contributed by atoms with Gasteiger partial charge in [0, 0.05) is 17.8 Å². The smallest absolute Gasteiger partial charge is 0.235 e. The van der Waals surface area contributed by atoms with Crippen molar-refractivity contribution < 1.29 is 9.53 Å². The van der Waals surface area contributed by atoms with E-state index in [1.54, 1.807) is 0 Å². The molecule has 0 bridgehead atoms. The number of ether oxygens (including phenoxy) is 1. The van der Waals surface area contributed by atoms with Gasteiger partial charge in [-0.15, -0.1) is 0 Å². The first-order chi connectivity index (χ1) is 10.3. The molecule has 1 aliphatic rings. The largest absolute Gasteiger partial charge is 0.492 e. The number of hydrogen-bond acceptors (Lipinski definition) is 3. The molecule has 1 atom stereocenters. The minimum atomic E-state index is -0.246. The Morgan fingerprint density at radius 1 is 1.19 bits per heavy atom. The van der Waals surface area contributed by atoms with Gasteiger partial charge in [0.05, 0.1) is 0 Å². The first kappa shape index (κ1) is 13.6. The van der Waals surface area contributed by atoms with Crippen molar-refractivity contribution >= 4 is 11.6 Å². The van der Waals surface area contributed by atoms with Gasteiger partial charge in [0.2, 0.25) is 5.91 Å². The molecule has 0 aliphatic carbocycles. The zero-order valence-corrected chi connectivity index (χ0v) is 11.9. The molecule has 1 aliphatic heterocycles. The summed E-state index contributed by atoms with van der Waals surface area (Å²) in [5.74, 6) is 0.536. The van der Waals surface area contributed by atoms with Gasteiger partial charge in [0.1, 0.15) is 18.3 Å². The fourth-order valence-electron chi connectivity index (χ4n) is 2.59. The normalized spacial score (nSPS) is 16.1. The van der Waals surface area contributed by atoms with Crippen LogP contribution in [0.2, 0.25) is 0 Å². The van der Waals surface area contributed by atoms with E-state index in [1.165, 1.54) is 0 Å². The van der Waals surface area contributed by atoms with Crippen LogP contribution in [0.15, 0.2) is 48.5 Å². The number of rotatable bonds is 4. The molecule has 4 nitrogen and oxygen atoms in total. The standard InChI is InChI=1S/C17H18N2O2/c1-18-10-12-6-2-4-8-15(12)19-17(20)14-11-21-16-9-5-3-7-13(14)16/h2-9,14,18H,10-11H2,1H3,(H,19,20). The highest BCUT2D eigenvalue weighted by atomic mass is 16.5. The van der Waals surface area contributed by atoms with Crippen molar-refractivity contribution in [2.75, 3.05) is 19.0 Å². The van der Waals surface area contributed by atoms with Crippen molar-refractivity contribution in [2.45, 2.75) is 12.5 Å². The van der Waals surface area contributed by atoms with E-state index < -0.39 is 0 Å². The molecule has 2 aromatic rings. The lowest BCUT2D eigenvalue weighted by Crippen LogP contribution is -2.23. The van der Waals surface area contributed by atoms with Gasteiger partial charge >= 0.3 is 0 Å². The van der Waals surface area contributed by atoms with Gasteiger partial charge in [0.15, 0.2) is 0 Å². The lowest BCUT2D eigenvalue weighted by Gasteiger charge is -2.13. The highest BCUT2D eigenvalue weighted by molar-refractivity contribution is 5.97. The van der Waals surface area contributed by atoms with E-state index in [1.807, 2.05) is 55.6 Å². The number of fused-ring (bicyclic) bond motifs is 1. The average Bonchev–Trinajstić information content (AvgIpc) is 2.93. The maximum absolute atomic E-state index is 12.5. The minimum Gasteiger partial charge on any atom is -0.492 e. The van der Waals surface area contributed by atoms with Crippen LogP contribution in [0.3, 0.4) is 0 Å². The van der Waals surface area contributed by atoms with Crippen LogP contribution in [-0.4, -0.2) is 19.6 Å². The Balaban J connectivity index is 1.79. The average molecular weight is 282 g/mol. The maximum Gasteiger partial charge on any atom is 0.235 e. The molecule has 108 valence electrons. The van der Waals surface area contributed by atoms with Crippen molar-refractivity contribution in [3.05, 3.63) is 59.7 Å². The summed E-state index contributed by atoms with van der Waals surface area (Å²) in [4.78, 5) is 12.5. The Bertz CT molecular complexity index is 655. The monoisotopic (exact) mass is 282 g/mol. The third-order valence-corrected chi connectivity index (χ3v) is 3.66. The second-order valence-electron chi connectivity index (χ2n) is 5.08. The van der Waals surface area contributed by atoms with Crippen LogP contribution in [0.5, 0.6) is 5.75 Å². The zero-order valence-electron chi connectivity index (χ0n) is 11.9. The van der Waals surface area contributed by atoms with E-state index in [4.69, 9.17) is 4.74 Å². The third kappa shape index (κ3) is 2.76. The number of anilines is 1. The molecule has 2 aromatic carbocycles. The van der Waals surface area contributed by atoms with Gasteiger partial charge in [0.25, 0.3) is 0 Å². The maximum atomic E-state index is 12.5. The number of carbonyl (C=O) groups excluding carboxylic acids is 1. The summed E-state index contributed by atoms with van der Waals surface area (Å²) in [6.45, 7) is 1.12. The summed E-state index contributed by atoms with van der Waals surface area (Å²) in [6.07, 6.45) is 0. The highest BCUT2D eigenvalue weighted by Crippen LogP contribution is 2.34. The zero-order chi connectivity index (χ0) is 14.7. The molecule has 0 aromatic heterocycles. The molecule has 0 saturated carbocycles. The van der Waals surface area contributed by atoms with E-state index in [-0.39, 0.29) is 11.8 Å². The van der Waals surface area contributed by atoms with Crippen molar-refractivity contribution in [1.82, 2.24) is 5.32 Å². The van der Waals surface area contributed by atoms with Crippen LogP contribution in [0.1, 0.15) is 17.0 Å². The molecule has 21 heavy (non-hydrogen) atoms. The van der Waals surface area contributed by atoms with Gasteiger partial charge in [-0.1, -0.05) is 36.4 Å². The Hall–Kier alpha value is -2.33.